The van der Waals surface area contributed by atoms with Crippen LogP contribution >= 0.6 is 0 Å². The van der Waals surface area contributed by atoms with Crippen LogP contribution in [0, 0.1) is 0 Å². The van der Waals surface area contributed by atoms with Crippen molar-refractivity contribution in [1.82, 2.24) is 0 Å². The molecule has 0 amide bonds. The summed E-state index contributed by atoms with van der Waals surface area (Å²) in [7, 11) is 1.65. The zero-order valence-corrected chi connectivity index (χ0v) is 10.2. The van der Waals surface area contributed by atoms with Crippen LogP contribution in [0.15, 0.2) is 24.3 Å². The summed E-state index contributed by atoms with van der Waals surface area (Å²) in [5.41, 5.74) is 6.84. The van der Waals surface area contributed by atoms with Crippen LogP contribution in [0.25, 0.3) is 0 Å². The minimum atomic E-state index is -0.378. The van der Waals surface area contributed by atoms with Crippen molar-refractivity contribution in [3.63, 3.8) is 0 Å². The monoisotopic (exact) mass is 223 g/mol. The first kappa shape index (κ1) is 13.0. The summed E-state index contributed by atoms with van der Waals surface area (Å²) in [6.45, 7) is 4.07. The fraction of sp³-hybridized carbons (Fsp3) is 0.538. The summed E-state index contributed by atoms with van der Waals surface area (Å²) in [4.78, 5) is 0. The molecule has 0 spiro atoms. The molecular weight excluding hydrogens is 202 g/mol. The van der Waals surface area contributed by atoms with Gasteiger partial charge >= 0.3 is 0 Å². The van der Waals surface area contributed by atoms with Crippen molar-refractivity contribution in [2.75, 3.05) is 13.7 Å². The van der Waals surface area contributed by atoms with Crippen molar-refractivity contribution >= 4 is 0 Å². The number of ether oxygens (including phenoxy) is 1. The number of hydrogen-bond acceptors (Lipinski definition) is 3. The molecule has 0 radical (unpaired) electrons. The normalized spacial score (nSPS) is 13.6. The first-order valence-electron chi connectivity index (χ1n) is 5.53. The van der Waals surface area contributed by atoms with Gasteiger partial charge in [0.15, 0.2) is 0 Å². The van der Waals surface area contributed by atoms with E-state index in [4.69, 9.17) is 15.6 Å². The molecule has 1 aromatic carbocycles. The highest BCUT2D eigenvalue weighted by atomic mass is 16.5. The van der Waals surface area contributed by atoms with Gasteiger partial charge in [0.2, 0.25) is 0 Å². The lowest BCUT2D eigenvalue weighted by Crippen LogP contribution is -2.39. The van der Waals surface area contributed by atoms with Crippen LogP contribution in [0.1, 0.15) is 31.7 Å². The number of nitrogens with two attached hydrogens (primary N) is 1. The van der Waals surface area contributed by atoms with Gasteiger partial charge in [0, 0.05) is 18.1 Å². The van der Waals surface area contributed by atoms with E-state index in [1.165, 1.54) is 0 Å². The van der Waals surface area contributed by atoms with Crippen LogP contribution in [0.5, 0.6) is 5.75 Å². The van der Waals surface area contributed by atoms with Gasteiger partial charge in [0.05, 0.1) is 7.11 Å². The van der Waals surface area contributed by atoms with E-state index in [-0.39, 0.29) is 18.1 Å². The Morgan fingerprint density at radius 3 is 2.50 bits per heavy atom. The summed E-state index contributed by atoms with van der Waals surface area (Å²) in [6, 6.07) is 7.83. The van der Waals surface area contributed by atoms with Crippen molar-refractivity contribution < 1.29 is 9.84 Å². The van der Waals surface area contributed by atoms with E-state index >= 15 is 0 Å². The molecule has 3 heteroatoms. The van der Waals surface area contributed by atoms with Gasteiger partial charge in [-0.05, 0) is 31.9 Å². The molecule has 3 nitrogen and oxygen atoms in total. The van der Waals surface area contributed by atoms with Crippen molar-refractivity contribution in [3.8, 4) is 5.75 Å². The molecule has 0 saturated carbocycles. The van der Waals surface area contributed by atoms with Gasteiger partial charge in [0.25, 0.3) is 0 Å². The SMILES string of the molecule is COc1ccccc1C(CCO)C(C)(C)N. The fourth-order valence-corrected chi connectivity index (χ4v) is 2.01. The lowest BCUT2D eigenvalue weighted by atomic mass is 9.80. The Hall–Kier alpha value is -1.06. The molecule has 1 aromatic rings. The quantitative estimate of drug-likeness (QED) is 0.801. The number of benzene rings is 1. The lowest BCUT2D eigenvalue weighted by Gasteiger charge is -2.31. The molecule has 90 valence electrons. The summed E-state index contributed by atoms with van der Waals surface area (Å²) in [6.07, 6.45) is 0.643. The minimum Gasteiger partial charge on any atom is -0.496 e. The van der Waals surface area contributed by atoms with Gasteiger partial charge in [0.1, 0.15) is 5.75 Å². The van der Waals surface area contributed by atoms with Gasteiger partial charge in [-0.3, -0.25) is 0 Å². The Bertz CT molecular complexity index is 331. The number of aliphatic hydroxyl groups is 1. The number of methoxy groups -OCH3 is 1. The Balaban J connectivity index is 3.10. The minimum absolute atomic E-state index is 0.0913. The Morgan fingerprint density at radius 1 is 1.38 bits per heavy atom. The zero-order chi connectivity index (χ0) is 12.2. The second kappa shape index (κ2) is 5.32. The van der Waals surface area contributed by atoms with Crippen LogP contribution < -0.4 is 10.5 Å². The molecule has 0 fully saturated rings. The average molecular weight is 223 g/mol. The Labute approximate surface area is 97.2 Å². The van der Waals surface area contributed by atoms with E-state index in [0.717, 1.165) is 11.3 Å². The van der Waals surface area contributed by atoms with Crippen molar-refractivity contribution in [2.45, 2.75) is 31.7 Å². The molecule has 0 aliphatic heterocycles. The first-order valence-corrected chi connectivity index (χ1v) is 5.53. The van der Waals surface area contributed by atoms with Gasteiger partial charge in [-0.1, -0.05) is 18.2 Å². The first-order chi connectivity index (χ1) is 7.50. The third kappa shape index (κ3) is 2.97. The summed E-state index contributed by atoms with van der Waals surface area (Å²) >= 11 is 0. The van der Waals surface area contributed by atoms with Gasteiger partial charge in [-0.2, -0.15) is 0 Å². The molecule has 0 aliphatic rings. The molecule has 1 rings (SSSR count). The molecule has 0 saturated heterocycles. The van der Waals surface area contributed by atoms with E-state index in [1.54, 1.807) is 7.11 Å². The second-order valence-electron chi connectivity index (χ2n) is 4.63. The van der Waals surface area contributed by atoms with Crippen LogP contribution in [0.4, 0.5) is 0 Å². The summed E-state index contributed by atoms with van der Waals surface area (Å²) in [5.74, 6) is 0.924. The largest absolute Gasteiger partial charge is 0.496 e. The number of aliphatic hydroxyl groups excluding tert-OH is 1. The molecule has 0 bridgehead atoms. The van der Waals surface area contributed by atoms with E-state index in [0.29, 0.717) is 6.42 Å². The maximum atomic E-state index is 9.13. The van der Waals surface area contributed by atoms with Crippen molar-refractivity contribution in [3.05, 3.63) is 29.8 Å². The van der Waals surface area contributed by atoms with Gasteiger partial charge in [-0.25, -0.2) is 0 Å². The predicted molar refractivity (Wildman–Crippen MR) is 65.7 cm³/mol. The van der Waals surface area contributed by atoms with E-state index in [9.17, 15) is 0 Å². The maximum absolute atomic E-state index is 9.13. The molecular formula is C13H21NO2. The van der Waals surface area contributed by atoms with Crippen LogP contribution in [-0.4, -0.2) is 24.4 Å². The molecule has 0 aromatic heterocycles. The average Bonchev–Trinajstić information content (AvgIpc) is 2.24. The molecule has 16 heavy (non-hydrogen) atoms. The molecule has 0 heterocycles. The van der Waals surface area contributed by atoms with Gasteiger partial charge < -0.3 is 15.6 Å². The van der Waals surface area contributed by atoms with E-state index in [2.05, 4.69) is 0 Å². The fourth-order valence-electron chi connectivity index (χ4n) is 2.01. The lowest BCUT2D eigenvalue weighted by molar-refractivity contribution is 0.248. The summed E-state index contributed by atoms with van der Waals surface area (Å²) in [5, 5.41) is 9.13. The van der Waals surface area contributed by atoms with Crippen molar-refractivity contribution in [1.29, 1.82) is 0 Å². The third-order valence-corrected chi connectivity index (χ3v) is 2.83. The van der Waals surface area contributed by atoms with E-state index < -0.39 is 0 Å². The molecule has 1 atom stereocenters. The van der Waals surface area contributed by atoms with Crippen LogP contribution in [-0.2, 0) is 0 Å². The Kier molecular flexibility index (Phi) is 4.33. The third-order valence-electron chi connectivity index (χ3n) is 2.83. The number of para-hydroxylation sites is 1. The number of hydrogen-bond donors (Lipinski definition) is 2. The molecule has 1 unspecified atom stereocenters. The highest BCUT2D eigenvalue weighted by molar-refractivity contribution is 5.38. The highest BCUT2D eigenvalue weighted by Crippen LogP contribution is 2.35. The second-order valence-corrected chi connectivity index (χ2v) is 4.63. The van der Waals surface area contributed by atoms with E-state index in [1.807, 2.05) is 38.1 Å². The number of rotatable bonds is 5. The highest BCUT2D eigenvalue weighted by Gasteiger charge is 2.28. The van der Waals surface area contributed by atoms with Gasteiger partial charge in [-0.15, -0.1) is 0 Å². The molecule has 3 N–H and O–H groups in total. The Morgan fingerprint density at radius 2 is 2.00 bits per heavy atom. The standard InChI is InChI=1S/C13H21NO2/c1-13(2,14)11(8-9-15)10-6-4-5-7-12(10)16-3/h4-7,11,15H,8-9,14H2,1-3H3. The summed E-state index contributed by atoms with van der Waals surface area (Å²) < 4.78 is 5.33. The van der Waals surface area contributed by atoms with Crippen LogP contribution in [0.2, 0.25) is 0 Å². The van der Waals surface area contributed by atoms with Crippen molar-refractivity contribution in [2.24, 2.45) is 5.73 Å². The topological polar surface area (TPSA) is 55.5 Å². The van der Waals surface area contributed by atoms with Crippen LogP contribution in [0.3, 0.4) is 0 Å². The smallest absolute Gasteiger partial charge is 0.122 e. The zero-order valence-electron chi connectivity index (χ0n) is 10.2. The molecule has 0 aliphatic carbocycles. The maximum Gasteiger partial charge on any atom is 0.122 e. The predicted octanol–water partition coefficient (Wildman–Crippen LogP) is 1.90.